The Morgan fingerprint density at radius 1 is 1.24 bits per heavy atom. The van der Waals surface area contributed by atoms with E-state index < -0.39 is 5.97 Å². The number of hydrogen-bond donors (Lipinski definition) is 1. The van der Waals surface area contributed by atoms with Crippen LogP contribution in [0.15, 0.2) is 30.3 Å². The number of carbonyl (C=O) groups is 2. The van der Waals surface area contributed by atoms with E-state index in [2.05, 4.69) is 5.32 Å². The summed E-state index contributed by atoms with van der Waals surface area (Å²) in [6.45, 7) is 5.88. The fourth-order valence-corrected chi connectivity index (χ4v) is 3.55. The molecule has 1 heterocycles. The fourth-order valence-electron chi connectivity index (χ4n) is 2.41. The summed E-state index contributed by atoms with van der Waals surface area (Å²) in [5, 5.41) is 3.23. The Morgan fingerprint density at radius 3 is 2.52 bits per heavy atom. The average Bonchev–Trinajstić information content (AvgIpc) is 2.89. The third-order valence-corrected chi connectivity index (χ3v) is 4.64. The van der Waals surface area contributed by atoms with Gasteiger partial charge in [-0.25, -0.2) is 9.18 Å². The smallest absolute Gasteiger partial charge is 0.341 e. The molecule has 132 valence electrons. The highest BCUT2D eigenvalue weighted by Crippen LogP contribution is 2.34. The van der Waals surface area contributed by atoms with Crippen molar-refractivity contribution in [2.24, 2.45) is 0 Å². The van der Waals surface area contributed by atoms with E-state index >= 15 is 0 Å². The van der Waals surface area contributed by atoms with Gasteiger partial charge in [-0.3, -0.25) is 4.79 Å². The summed E-state index contributed by atoms with van der Waals surface area (Å²) < 4.78 is 18.0. The molecule has 0 aliphatic rings. The van der Waals surface area contributed by atoms with E-state index in [1.165, 1.54) is 29.5 Å². The van der Waals surface area contributed by atoms with Crippen molar-refractivity contribution in [3.05, 3.63) is 57.7 Å². The lowest BCUT2D eigenvalue weighted by Gasteiger charge is -2.06. The maximum Gasteiger partial charge on any atom is 0.341 e. The van der Waals surface area contributed by atoms with Gasteiger partial charge in [0.05, 0.1) is 12.2 Å². The molecule has 1 aromatic heterocycles. The molecule has 0 saturated heterocycles. The highest BCUT2D eigenvalue weighted by molar-refractivity contribution is 7.16. The molecular weight excluding hydrogens is 341 g/mol. The lowest BCUT2D eigenvalue weighted by Crippen LogP contribution is -2.13. The molecule has 6 heteroatoms. The van der Waals surface area contributed by atoms with E-state index in [1.807, 2.05) is 13.8 Å². The number of amides is 1. The number of carbonyl (C=O) groups excluding carboxylic acids is 2. The first-order valence-corrected chi connectivity index (χ1v) is 8.81. The van der Waals surface area contributed by atoms with Gasteiger partial charge in [-0.1, -0.05) is 19.1 Å². The van der Waals surface area contributed by atoms with Gasteiger partial charge in [0.25, 0.3) is 0 Å². The minimum absolute atomic E-state index is 0.273. The number of nitrogens with one attached hydrogen (secondary N) is 1. The Morgan fingerprint density at radius 2 is 1.92 bits per heavy atom. The second-order valence-electron chi connectivity index (χ2n) is 5.29. The molecule has 0 bridgehead atoms. The van der Waals surface area contributed by atoms with E-state index in [9.17, 15) is 14.0 Å². The topological polar surface area (TPSA) is 55.4 Å². The molecule has 2 aromatic rings. The van der Waals surface area contributed by atoms with Crippen LogP contribution in [-0.2, 0) is 16.0 Å². The number of esters is 1. The van der Waals surface area contributed by atoms with Crippen molar-refractivity contribution >= 4 is 34.3 Å². The van der Waals surface area contributed by atoms with Gasteiger partial charge in [0, 0.05) is 11.0 Å². The molecule has 0 aliphatic carbocycles. The summed E-state index contributed by atoms with van der Waals surface area (Å²) in [7, 11) is 0. The molecule has 0 radical (unpaired) electrons. The highest BCUT2D eigenvalue weighted by Gasteiger charge is 2.22. The van der Waals surface area contributed by atoms with Crippen molar-refractivity contribution in [1.82, 2.24) is 0 Å². The molecule has 1 aromatic carbocycles. The Kier molecular flexibility index (Phi) is 6.47. The number of aryl methyl sites for hydroxylation is 1. The van der Waals surface area contributed by atoms with Gasteiger partial charge in [0.1, 0.15) is 10.8 Å². The molecule has 1 amide bonds. The van der Waals surface area contributed by atoms with Crippen molar-refractivity contribution < 1.29 is 18.7 Å². The van der Waals surface area contributed by atoms with Gasteiger partial charge < -0.3 is 10.1 Å². The molecule has 0 saturated carbocycles. The van der Waals surface area contributed by atoms with Crippen LogP contribution >= 0.6 is 11.3 Å². The van der Waals surface area contributed by atoms with E-state index in [0.29, 0.717) is 22.5 Å². The van der Waals surface area contributed by atoms with Gasteiger partial charge in [-0.15, -0.1) is 11.3 Å². The standard InChI is InChI=1S/C19H20FNO3S/c1-4-15-12(3)25-18(17(15)19(23)24-5-2)21-16(22)11-8-13-6-9-14(20)10-7-13/h6-11H,4-5H2,1-3H3,(H,21,22). The summed E-state index contributed by atoms with van der Waals surface area (Å²) >= 11 is 1.36. The van der Waals surface area contributed by atoms with Crippen LogP contribution in [0.1, 0.15) is 40.2 Å². The summed E-state index contributed by atoms with van der Waals surface area (Å²) in [5.41, 5.74) is 2.02. The second kappa shape index (κ2) is 8.58. The average molecular weight is 361 g/mol. The molecular formula is C19H20FNO3S. The van der Waals surface area contributed by atoms with E-state index in [0.717, 1.165) is 10.4 Å². The number of hydrogen-bond acceptors (Lipinski definition) is 4. The number of ether oxygens (including phenoxy) is 1. The summed E-state index contributed by atoms with van der Waals surface area (Å²) in [4.78, 5) is 25.4. The zero-order chi connectivity index (χ0) is 18.4. The van der Waals surface area contributed by atoms with E-state index in [-0.39, 0.29) is 18.3 Å². The van der Waals surface area contributed by atoms with Crippen molar-refractivity contribution in [3.8, 4) is 0 Å². The fraction of sp³-hybridized carbons (Fsp3) is 0.263. The van der Waals surface area contributed by atoms with Crippen molar-refractivity contribution in [2.45, 2.75) is 27.2 Å². The van der Waals surface area contributed by atoms with Gasteiger partial charge >= 0.3 is 5.97 Å². The molecule has 4 nitrogen and oxygen atoms in total. The number of halogens is 1. The molecule has 0 atom stereocenters. The van der Waals surface area contributed by atoms with E-state index in [1.54, 1.807) is 25.1 Å². The molecule has 0 fully saturated rings. The zero-order valence-electron chi connectivity index (χ0n) is 14.4. The summed E-state index contributed by atoms with van der Waals surface area (Å²) in [6, 6.07) is 5.81. The van der Waals surface area contributed by atoms with Crippen molar-refractivity contribution in [2.75, 3.05) is 11.9 Å². The number of rotatable bonds is 6. The monoisotopic (exact) mass is 361 g/mol. The zero-order valence-corrected chi connectivity index (χ0v) is 15.2. The van der Waals surface area contributed by atoms with Crippen LogP contribution in [0, 0.1) is 12.7 Å². The summed E-state index contributed by atoms with van der Waals surface area (Å²) in [5.74, 6) is -1.12. The SMILES string of the molecule is CCOC(=O)c1c(NC(=O)C=Cc2ccc(F)cc2)sc(C)c1CC. The first-order valence-electron chi connectivity index (χ1n) is 8.00. The normalized spacial score (nSPS) is 10.9. The molecule has 0 aliphatic heterocycles. The maximum atomic E-state index is 12.9. The van der Waals surface area contributed by atoms with Gasteiger partial charge in [0.2, 0.25) is 5.91 Å². The van der Waals surface area contributed by atoms with Gasteiger partial charge in [-0.2, -0.15) is 0 Å². The number of thiophene rings is 1. The second-order valence-corrected chi connectivity index (χ2v) is 6.51. The van der Waals surface area contributed by atoms with Crippen LogP contribution in [-0.4, -0.2) is 18.5 Å². The first kappa shape index (κ1) is 18.9. The van der Waals surface area contributed by atoms with Crippen molar-refractivity contribution in [3.63, 3.8) is 0 Å². The number of benzene rings is 1. The predicted octanol–water partition coefficient (Wildman–Crippen LogP) is 4.59. The lowest BCUT2D eigenvalue weighted by molar-refractivity contribution is -0.111. The largest absolute Gasteiger partial charge is 0.462 e. The van der Waals surface area contributed by atoms with Crippen LogP contribution in [0.3, 0.4) is 0 Å². The quantitative estimate of drug-likeness (QED) is 0.605. The molecule has 0 spiro atoms. The molecule has 0 unspecified atom stereocenters. The first-order chi connectivity index (χ1) is 12.0. The minimum Gasteiger partial charge on any atom is -0.462 e. The van der Waals surface area contributed by atoms with Crippen LogP contribution in [0.25, 0.3) is 6.08 Å². The summed E-state index contributed by atoms with van der Waals surface area (Å²) in [6.07, 6.45) is 3.61. The predicted molar refractivity (Wildman–Crippen MR) is 98.5 cm³/mol. The molecule has 2 rings (SSSR count). The van der Waals surface area contributed by atoms with E-state index in [4.69, 9.17) is 4.74 Å². The Balaban J connectivity index is 2.19. The van der Waals surface area contributed by atoms with Gasteiger partial charge in [-0.05, 0) is 49.6 Å². The van der Waals surface area contributed by atoms with Crippen LogP contribution < -0.4 is 5.32 Å². The number of anilines is 1. The van der Waals surface area contributed by atoms with Crippen LogP contribution in [0.2, 0.25) is 0 Å². The minimum atomic E-state index is -0.429. The maximum absolute atomic E-state index is 12.9. The highest BCUT2D eigenvalue weighted by atomic mass is 32.1. The molecule has 1 N–H and O–H groups in total. The third-order valence-electron chi connectivity index (χ3n) is 3.58. The Hall–Kier alpha value is -2.47. The third kappa shape index (κ3) is 4.76. The Bertz CT molecular complexity index is 794. The van der Waals surface area contributed by atoms with Crippen LogP contribution in [0.4, 0.5) is 9.39 Å². The lowest BCUT2D eigenvalue weighted by atomic mass is 10.1. The van der Waals surface area contributed by atoms with Gasteiger partial charge in [0.15, 0.2) is 0 Å². The molecule has 25 heavy (non-hydrogen) atoms. The van der Waals surface area contributed by atoms with Crippen LogP contribution in [0.5, 0.6) is 0 Å². The Labute approximate surface area is 150 Å². The van der Waals surface area contributed by atoms with Crippen molar-refractivity contribution in [1.29, 1.82) is 0 Å².